The van der Waals surface area contributed by atoms with Crippen LogP contribution >= 0.6 is 0 Å². The van der Waals surface area contributed by atoms with Crippen molar-refractivity contribution in [3.05, 3.63) is 36.0 Å². The van der Waals surface area contributed by atoms with Crippen LogP contribution in [0.2, 0.25) is 0 Å². The van der Waals surface area contributed by atoms with E-state index in [2.05, 4.69) is 18.9 Å². The first kappa shape index (κ1) is 12.4. The van der Waals surface area contributed by atoms with E-state index in [-0.39, 0.29) is 0 Å². The van der Waals surface area contributed by atoms with Crippen LogP contribution in [0.3, 0.4) is 0 Å². The molecule has 1 aromatic carbocycles. The second-order valence-corrected chi connectivity index (χ2v) is 5.89. The van der Waals surface area contributed by atoms with Gasteiger partial charge in [0.2, 0.25) is 0 Å². The van der Waals surface area contributed by atoms with Crippen molar-refractivity contribution >= 4 is 16.6 Å². The quantitative estimate of drug-likeness (QED) is 0.913. The van der Waals surface area contributed by atoms with E-state index in [9.17, 15) is 0 Å². The SMILES string of the molecule is CC1CC1CN(C)Cc1cc(N)c2ccccc2n1. The van der Waals surface area contributed by atoms with Crippen LogP contribution in [0.25, 0.3) is 10.9 Å². The van der Waals surface area contributed by atoms with Gasteiger partial charge in [-0.1, -0.05) is 25.1 Å². The van der Waals surface area contributed by atoms with Gasteiger partial charge < -0.3 is 10.6 Å². The maximum Gasteiger partial charge on any atom is 0.0726 e. The number of anilines is 1. The number of hydrogen-bond acceptors (Lipinski definition) is 3. The number of nitrogen functional groups attached to an aromatic ring is 1. The molecule has 0 spiro atoms. The van der Waals surface area contributed by atoms with Gasteiger partial charge in [-0.3, -0.25) is 4.98 Å². The fourth-order valence-electron chi connectivity index (χ4n) is 2.74. The number of hydrogen-bond donors (Lipinski definition) is 1. The van der Waals surface area contributed by atoms with Crippen LogP contribution in [0.15, 0.2) is 30.3 Å². The predicted molar refractivity (Wildman–Crippen MR) is 79.8 cm³/mol. The Kier molecular flexibility index (Phi) is 3.15. The fraction of sp³-hybridized carbons (Fsp3) is 0.438. The minimum Gasteiger partial charge on any atom is -0.398 e. The van der Waals surface area contributed by atoms with Gasteiger partial charge in [-0.05, 0) is 37.4 Å². The van der Waals surface area contributed by atoms with Crippen molar-refractivity contribution in [3.63, 3.8) is 0 Å². The lowest BCUT2D eigenvalue weighted by atomic mass is 10.1. The summed E-state index contributed by atoms with van der Waals surface area (Å²) in [7, 11) is 2.16. The Morgan fingerprint density at radius 3 is 2.84 bits per heavy atom. The molecule has 2 aromatic rings. The zero-order valence-corrected chi connectivity index (χ0v) is 11.6. The van der Waals surface area contributed by atoms with Crippen LogP contribution in [0, 0.1) is 11.8 Å². The van der Waals surface area contributed by atoms with Gasteiger partial charge in [0.15, 0.2) is 0 Å². The fourth-order valence-corrected chi connectivity index (χ4v) is 2.74. The van der Waals surface area contributed by atoms with E-state index in [1.807, 2.05) is 30.3 Å². The molecule has 19 heavy (non-hydrogen) atoms. The number of nitrogens with zero attached hydrogens (tertiary/aromatic N) is 2. The highest BCUT2D eigenvalue weighted by molar-refractivity contribution is 5.90. The van der Waals surface area contributed by atoms with Gasteiger partial charge in [0.1, 0.15) is 0 Å². The Bertz CT molecular complexity index is 594. The molecule has 1 saturated carbocycles. The molecule has 1 heterocycles. The van der Waals surface area contributed by atoms with Gasteiger partial charge >= 0.3 is 0 Å². The summed E-state index contributed by atoms with van der Waals surface area (Å²) < 4.78 is 0. The molecule has 2 atom stereocenters. The predicted octanol–water partition coefficient (Wildman–Crippen LogP) is 2.90. The molecule has 1 aliphatic rings. The molecular weight excluding hydrogens is 234 g/mol. The van der Waals surface area contributed by atoms with Crippen molar-refractivity contribution in [3.8, 4) is 0 Å². The van der Waals surface area contributed by atoms with Crippen LogP contribution < -0.4 is 5.73 Å². The van der Waals surface area contributed by atoms with E-state index in [1.54, 1.807) is 0 Å². The molecule has 2 N–H and O–H groups in total. The Morgan fingerprint density at radius 1 is 1.37 bits per heavy atom. The zero-order valence-electron chi connectivity index (χ0n) is 11.6. The summed E-state index contributed by atoms with van der Waals surface area (Å²) in [6.07, 6.45) is 1.37. The lowest BCUT2D eigenvalue weighted by molar-refractivity contribution is 0.304. The number of aromatic nitrogens is 1. The molecule has 1 aliphatic carbocycles. The lowest BCUT2D eigenvalue weighted by Crippen LogP contribution is -2.21. The Morgan fingerprint density at radius 2 is 2.11 bits per heavy atom. The van der Waals surface area contributed by atoms with Crippen LogP contribution in [0.5, 0.6) is 0 Å². The summed E-state index contributed by atoms with van der Waals surface area (Å²) in [5.74, 6) is 1.78. The van der Waals surface area contributed by atoms with Gasteiger partial charge in [-0.15, -0.1) is 0 Å². The summed E-state index contributed by atoms with van der Waals surface area (Å²) >= 11 is 0. The molecule has 2 unspecified atom stereocenters. The second kappa shape index (κ2) is 4.82. The van der Waals surface area contributed by atoms with E-state index in [4.69, 9.17) is 10.7 Å². The largest absolute Gasteiger partial charge is 0.398 e. The van der Waals surface area contributed by atoms with Gasteiger partial charge in [0.05, 0.1) is 11.2 Å². The Hall–Kier alpha value is -1.61. The van der Waals surface area contributed by atoms with Crippen molar-refractivity contribution in [2.45, 2.75) is 19.9 Å². The number of benzene rings is 1. The topological polar surface area (TPSA) is 42.1 Å². The summed E-state index contributed by atoms with van der Waals surface area (Å²) in [5, 5.41) is 1.05. The van der Waals surface area contributed by atoms with Gasteiger partial charge in [-0.25, -0.2) is 0 Å². The smallest absolute Gasteiger partial charge is 0.0726 e. The minimum atomic E-state index is 0.828. The molecule has 0 bridgehead atoms. The van der Waals surface area contributed by atoms with Crippen LogP contribution in [0.4, 0.5) is 5.69 Å². The van der Waals surface area contributed by atoms with E-state index in [1.165, 1.54) is 6.42 Å². The van der Waals surface area contributed by atoms with Crippen molar-refractivity contribution in [2.24, 2.45) is 11.8 Å². The first-order chi connectivity index (χ1) is 9.13. The van der Waals surface area contributed by atoms with Gasteiger partial charge in [-0.2, -0.15) is 0 Å². The van der Waals surface area contributed by atoms with E-state index < -0.39 is 0 Å². The van der Waals surface area contributed by atoms with Crippen molar-refractivity contribution in [1.29, 1.82) is 0 Å². The van der Waals surface area contributed by atoms with Crippen molar-refractivity contribution < 1.29 is 0 Å². The maximum absolute atomic E-state index is 6.11. The average molecular weight is 255 g/mol. The molecular formula is C16H21N3. The first-order valence-electron chi connectivity index (χ1n) is 6.96. The third kappa shape index (κ3) is 2.71. The highest BCUT2D eigenvalue weighted by Gasteiger charge is 2.33. The molecule has 0 amide bonds. The number of fused-ring (bicyclic) bond motifs is 1. The third-order valence-electron chi connectivity index (χ3n) is 4.06. The monoisotopic (exact) mass is 255 g/mol. The zero-order chi connectivity index (χ0) is 13.4. The summed E-state index contributed by atoms with van der Waals surface area (Å²) in [6.45, 7) is 4.36. The molecule has 0 saturated heterocycles. The van der Waals surface area contributed by atoms with Crippen LogP contribution in [-0.2, 0) is 6.54 Å². The maximum atomic E-state index is 6.11. The molecule has 1 aromatic heterocycles. The van der Waals surface area contributed by atoms with Crippen molar-refractivity contribution in [1.82, 2.24) is 9.88 Å². The highest BCUT2D eigenvalue weighted by Crippen LogP contribution is 2.38. The molecule has 100 valence electrons. The average Bonchev–Trinajstić information content (AvgIpc) is 3.04. The Labute approximate surface area is 114 Å². The minimum absolute atomic E-state index is 0.828. The summed E-state index contributed by atoms with van der Waals surface area (Å²) in [6, 6.07) is 10.1. The number of nitrogens with two attached hydrogens (primary N) is 1. The van der Waals surface area contributed by atoms with E-state index in [0.29, 0.717) is 0 Å². The molecule has 3 nitrogen and oxygen atoms in total. The summed E-state index contributed by atoms with van der Waals surface area (Å²) in [4.78, 5) is 7.05. The van der Waals surface area contributed by atoms with E-state index in [0.717, 1.165) is 47.2 Å². The van der Waals surface area contributed by atoms with E-state index >= 15 is 0 Å². The lowest BCUT2D eigenvalue weighted by Gasteiger charge is -2.16. The molecule has 0 radical (unpaired) electrons. The van der Waals surface area contributed by atoms with Gasteiger partial charge in [0.25, 0.3) is 0 Å². The molecule has 0 aliphatic heterocycles. The van der Waals surface area contributed by atoms with Crippen molar-refractivity contribution in [2.75, 3.05) is 19.3 Å². The third-order valence-corrected chi connectivity index (χ3v) is 4.06. The number of para-hydroxylation sites is 1. The van der Waals surface area contributed by atoms with Crippen LogP contribution in [0.1, 0.15) is 19.0 Å². The van der Waals surface area contributed by atoms with Gasteiger partial charge in [0, 0.05) is 24.2 Å². The molecule has 1 fully saturated rings. The number of rotatable bonds is 4. The molecule has 3 heteroatoms. The summed E-state index contributed by atoms with van der Waals surface area (Å²) in [5.41, 5.74) is 8.99. The number of pyridine rings is 1. The molecule has 3 rings (SSSR count). The normalized spacial score (nSPS) is 22.1. The highest BCUT2D eigenvalue weighted by atomic mass is 15.1. The van der Waals surface area contributed by atoms with Crippen LogP contribution in [-0.4, -0.2) is 23.5 Å². The second-order valence-electron chi connectivity index (χ2n) is 5.89. The standard InChI is InChI=1S/C16H21N3/c1-11-7-12(11)9-19(2)10-13-8-15(17)14-5-3-4-6-16(14)18-13/h3-6,8,11-12H,7,9-10H2,1-2H3,(H2,17,18). The Balaban J connectivity index is 1.77. The first-order valence-corrected chi connectivity index (χ1v) is 6.96.